The maximum absolute atomic E-state index is 12.7. The van der Waals surface area contributed by atoms with Crippen LogP contribution in [-0.4, -0.2) is 97.5 Å². The van der Waals surface area contributed by atoms with Crippen LogP contribution >= 0.6 is 0 Å². The largest absolute Gasteiger partial charge is 0.457 e. The van der Waals surface area contributed by atoms with E-state index in [9.17, 15) is 28.5 Å². The molecule has 0 aliphatic carbocycles. The van der Waals surface area contributed by atoms with Crippen LogP contribution in [0.25, 0.3) is 0 Å². The number of rotatable bonds is 38. The van der Waals surface area contributed by atoms with E-state index >= 15 is 0 Å². The van der Waals surface area contributed by atoms with E-state index in [0.29, 0.717) is 13.0 Å². The second-order valence-corrected chi connectivity index (χ2v) is 16.3. The van der Waals surface area contributed by atoms with Gasteiger partial charge in [-0.3, -0.25) is 9.35 Å². The lowest BCUT2D eigenvalue weighted by Gasteiger charge is -2.41. The summed E-state index contributed by atoms with van der Waals surface area (Å²) in [6.45, 7) is 3.77. The summed E-state index contributed by atoms with van der Waals surface area (Å²) in [7, 11) is -5.06. The molecule has 0 aromatic rings. The average Bonchev–Trinajstić information content (AvgIpc) is 3.22. The van der Waals surface area contributed by atoms with Crippen molar-refractivity contribution in [2.75, 3.05) is 26.4 Å². The Morgan fingerprint density at radius 2 is 1.15 bits per heavy atom. The molecule has 12 nitrogen and oxygen atoms in total. The quantitative estimate of drug-likeness (QED) is 0.0200. The number of ether oxygens (including phenoxy) is 4. The van der Waals surface area contributed by atoms with Crippen molar-refractivity contribution in [2.24, 2.45) is 0 Å². The van der Waals surface area contributed by atoms with E-state index in [1.807, 2.05) is 0 Å². The molecule has 4 N–H and O–H groups in total. The van der Waals surface area contributed by atoms with Crippen LogP contribution in [0.5, 0.6) is 0 Å². The molecule has 0 saturated carbocycles. The minimum Gasteiger partial charge on any atom is -0.457 e. The van der Waals surface area contributed by atoms with Crippen LogP contribution < -0.4 is 0 Å². The van der Waals surface area contributed by atoms with Gasteiger partial charge in [0.15, 0.2) is 6.29 Å². The van der Waals surface area contributed by atoms with Gasteiger partial charge in [-0.2, -0.15) is 8.42 Å². The van der Waals surface area contributed by atoms with Gasteiger partial charge in [-0.1, -0.05) is 157 Å². The lowest BCUT2D eigenvalue weighted by atomic mass is 9.99. The molecule has 1 aliphatic heterocycles. The lowest BCUT2D eigenvalue weighted by Crippen LogP contribution is -2.60. The Kier molecular flexibility index (Phi) is 35.4. The third kappa shape index (κ3) is 31.4. The molecule has 0 bridgehead atoms. The summed E-state index contributed by atoms with van der Waals surface area (Å²) in [4.78, 5) is 12.7. The SMILES string of the molecule is CC/C=C\C/C=C\C/C=C\C/C=C\C/C=C\C/C=C\CCCCCCCCCOCC(COC1OC(CO)C(O)C(OS(=O)(=O)O)C1O)OC(=O)CCCCCCCCC. The van der Waals surface area contributed by atoms with Gasteiger partial charge >= 0.3 is 16.4 Å². The highest BCUT2D eigenvalue weighted by molar-refractivity contribution is 7.80. The third-order valence-corrected chi connectivity index (χ3v) is 10.3. The molecule has 1 aliphatic rings. The first-order valence-corrected chi connectivity index (χ1v) is 24.1. The maximum Gasteiger partial charge on any atom is 0.397 e. The van der Waals surface area contributed by atoms with Crippen molar-refractivity contribution in [3.05, 3.63) is 72.9 Å². The second-order valence-electron chi connectivity index (χ2n) is 15.3. The van der Waals surface area contributed by atoms with Gasteiger partial charge in [0.05, 0.1) is 19.8 Å². The smallest absolute Gasteiger partial charge is 0.397 e. The number of carbonyl (C=O) groups excluding carboxylic acids is 1. The molecule has 1 fully saturated rings. The molecular formula is C47H80O12S. The Morgan fingerprint density at radius 3 is 1.68 bits per heavy atom. The number of allylic oxidation sites excluding steroid dienone is 12. The number of hydrogen-bond acceptors (Lipinski definition) is 11. The molecule has 1 rings (SSSR count). The fourth-order valence-corrected chi connectivity index (χ4v) is 6.95. The van der Waals surface area contributed by atoms with Gasteiger partial charge in [0, 0.05) is 13.0 Å². The molecular weight excluding hydrogens is 789 g/mol. The van der Waals surface area contributed by atoms with Gasteiger partial charge in [0.1, 0.15) is 30.5 Å². The molecule has 60 heavy (non-hydrogen) atoms. The molecule has 0 radical (unpaired) electrons. The molecule has 6 atom stereocenters. The predicted molar refractivity (Wildman–Crippen MR) is 239 cm³/mol. The normalized spacial score (nSPS) is 20.9. The predicted octanol–water partition coefficient (Wildman–Crippen LogP) is 9.52. The van der Waals surface area contributed by atoms with E-state index in [-0.39, 0.29) is 19.6 Å². The van der Waals surface area contributed by atoms with Crippen LogP contribution in [-0.2, 0) is 38.3 Å². The van der Waals surface area contributed by atoms with Crippen molar-refractivity contribution in [2.45, 2.75) is 192 Å². The van der Waals surface area contributed by atoms with E-state index in [1.54, 1.807) is 0 Å². The fraction of sp³-hybridized carbons (Fsp3) is 0.723. The molecule has 0 spiro atoms. The zero-order valence-corrected chi connectivity index (χ0v) is 37.6. The number of aliphatic hydroxyl groups is 3. The lowest BCUT2D eigenvalue weighted by molar-refractivity contribution is -0.301. The Bertz CT molecular complexity index is 1330. The number of unbranched alkanes of at least 4 members (excludes halogenated alkanes) is 13. The van der Waals surface area contributed by atoms with Gasteiger partial charge < -0.3 is 34.3 Å². The van der Waals surface area contributed by atoms with Crippen molar-refractivity contribution in [3.8, 4) is 0 Å². The molecule has 0 aromatic carbocycles. The minimum absolute atomic E-state index is 0.0250. The summed E-state index contributed by atoms with van der Waals surface area (Å²) < 4.78 is 58.8. The van der Waals surface area contributed by atoms with E-state index in [0.717, 1.165) is 89.9 Å². The molecule has 1 heterocycles. The molecule has 6 unspecified atom stereocenters. The first-order valence-electron chi connectivity index (χ1n) is 22.7. The van der Waals surface area contributed by atoms with Crippen molar-refractivity contribution < 1.29 is 56.2 Å². The Morgan fingerprint density at radius 1 is 0.650 bits per heavy atom. The van der Waals surface area contributed by atoms with Gasteiger partial charge in [-0.15, -0.1) is 0 Å². The molecule has 0 aromatic heterocycles. The number of esters is 1. The van der Waals surface area contributed by atoms with Crippen LogP contribution in [0.4, 0.5) is 0 Å². The zero-order chi connectivity index (χ0) is 43.9. The maximum atomic E-state index is 12.7. The fourth-order valence-electron chi connectivity index (χ4n) is 6.44. The van der Waals surface area contributed by atoms with Gasteiger partial charge in [-0.25, -0.2) is 4.18 Å². The highest BCUT2D eigenvalue weighted by Gasteiger charge is 2.48. The summed E-state index contributed by atoms with van der Waals surface area (Å²) in [6.07, 6.45) is 39.7. The van der Waals surface area contributed by atoms with Crippen LogP contribution in [0.3, 0.4) is 0 Å². The van der Waals surface area contributed by atoms with Crippen LogP contribution in [0.2, 0.25) is 0 Å². The third-order valence-electron chi connectivity index (χ3n) is 9.84. The molecule has 346 valence electrons. The Labute approximate surface area is 362 Å². The van der Waals surface area contributed by atoms with E-state index in [2.05, 4.69) is 90.9 Å². The van der Waals surface area contributed by atoms with E-state index in [4.69, 9.17) is 23.5 Å². The van der Waals surface area contributed by atoms with Crippen LogP contribution in [0, 0.1) is 0 Å². The van der Waals surface area contributed by atoms with Crippen molar-refractivity contribution in [1.82, 2.24) is 0 Å². The summed E-state index contributed by atoms with van der Waals surface area (Å²) in [5, 5.41) is 30.6. The number of aliphatic hydroxyl groups excluding tert-OH is 3. The van der Waals surface area contributed by atoms with Gasteiger partial charge in [-0.05, 0) is 64.2 Å². The monoisotopic (exact) mass is 869 g/mol. The highest BCUT2D eigenvalue weighted by atomic mass is 32.3. The van der Waals surface area contributed by atoms with Crippen molar-refractivity contribution in [1.29, 1.82) is 0 Å². The Balaban J connectivity index is 2.30. The molecule has 1 saturated heterocycles. The zero-order valence-electron chi connectivity index (χ0n) is 36.7. The first-order chi connectivity index (χ1) is 29.1. The van der Waals surface area contributed by atoms with Crippen molar-refractivity contribution >= 4 is 16.4 Å². The second kappa shape index (κ2) is 38.2. The van der Waals surface area contributed by atoms with Crippen LogP contribution in [0.1, 0.15) is 155 Å². The summed E-state index contributed by atoms with van der Waals surface area (Å²) in [5.41, 5.74) is 0. The van der Waals surface area contributed by atoms with Gasteiger partial charge in [0.2, 0.25) is 0 Å². The number of hydrogen-bond donors (Lipinski definition) is 4. The molecule has 0 amide bonds. The van der Waals surface area contributed by atoms with E-state index < -0.39 is 59.8 Å². The van der Waals surface area contributed by atoms with E-state index in [1.165, 1.54) is 38.5 Å². The summed E-state index contributed by atoms with van der Waals surface area (Å²) >= 11 is 0. The minimum atomic E-state index is -5.06. The first kappa shape index (κ1) is 55.6. The Hall–Kier alpha value is -2.46. The average molecular weight is 869 g/mol. The standard InChI is InChI=1S/C47H80O12S/c1-3-5-7-9-11-12-13-14-15-16-17-18-19-20-21-22-23-24-25-26-27-28-29-31-33-35-37-55-39-41(57-43(49)36-34-32-30-10-8-6-4-2)40-56-47-45(51)46(59-60(52,53)54)44(50)42(38-48)58-47/h5,7,11-12,14-15,17-18,20-21,23-24,41-42,44-48,50-51H,3-4,6,8-10,13,16,19,22,25-40H2,1-2H3,(H,52,53,54)/b7-5-,12-11-,15-14-,18-17-,21-20-,24-23-. The summed E-state index contributed by atoms with van der Waals surface area (Å²) in [6, 6.07) is 0. The topological polar surface area (TPSA) is 178 Å². The summed E-state index contributed by atoms with van der Waals surface area (Å²) in [5.74, 6) is -0.414. The number of carbonyl (C=O) groups is 1. The highest BCUT2D eigenvalue weighted by Crippen LogP contribution is 2.26. The van der Waals surface area contributed by atoms with Gasteiger partial charge in [0.25, 0.3) is 0 Å². The van der Waals surface area contributed by atoms with Crippen LogP contribution in [0.15, 0.2) is 72.9 Å². The molecule has 13 heteroatoms. The van der Waals surface area contributed by atoms with Crippen molar-refractivity contribution in [3.63, 3.8) is 0 Å².